The summed E-state index contributed by atoms with van der Waals surface area (Å²) in [6, 6.07) is 1.17. The average Bonchev–Trinajstić information content (AvgIpc) is 2.01. The van der Waals surface area contributed by atoms with E-state index in [1.165, 1.54) is 13.0 Å². The van der Waals surface area contributed by atoms with Crippen molar-refractivity contribution in [2.45, 2.75) is 19.8 Å². The minimum absolute atomic E-state index is 0.165. The van der Waals surface area contributed by atoms with Gasteiger partial charge in [0.1, 0.15) is 5.69 Å². The highest BCUT2D eigenvalue weighted by Crippen LogP contribution is 2.25. The molecule has 0 fully saturated rings. The Hall–Kier alpha value is -1.52. The largest absolute Gasteiger partial charge is 0.366 e. The summed E-state index contributed by atoms with van der Waals surface area (Å²) in [6.07, 6.45) is 1.07. The molecule has 3 nitrogen and oxygen atoms in total. The summed E-state index contributed by atoms with van der Waals surface area (Å²) in [6.45, 7) is 2.29. The Bertz CT molecular complexity index is 372. The third kappa shape index (κ3) is 2.04. The van der Waals surface area contributed by atoms with E-state index in [2.05, 4.69) is 4.98 Å². The van der Waals surface area contributed by atoms with E-state index in [0.29, 0.717) is 5.56 Å². The van der Waals surface area contributed by atoms with E-state index in [-0.39, 0.29) is 11.3 Å². The maximum absolute atomic E-state index is 12.8. The number of aryl methyl sites for hydroxylation is 1. The zero-order chi connectivity index (χ0) is 10.9. The van der Waals surface area contributed by atoms with Gasteiger partial charge >= 0.3 is 0 Å². The second-order valence-corrected chi connectivity index (χ2v) is 3.14. The third-order valence-electron chi connectivity index (χ3n) is 1.83. The number of carbonyl (C=O) groups excluding carboxylic acids is 1. The Kier molecular flexibility index (Phi) is 2.51. The molecule has 0 saturated carbocycles. The number of nitrogens with zero attached hydrogens (tertiary/aromatic N) is 1. The van der Waals surface area contributed by atoms with Crippen LogP contribution in [0.2, 0.25) is 0 Å². The number of rotatable bonds is 2. The van der Waals surface area contributed by atoms with Gasteiger partial charge in [-0.1, -0.05) is 0 Å². The van der Waals surface area contributed by atoms with Crippen LogP contribution in [-0.4, -0.2) is 10.9 Å². The average molecular weight is 200 g/mol. The quantitative estimate of drug-likeness (QED) is 0.788. The Morgan fingerprint density at radius 2 is 2.14 bits per heavy atom. The first-order chi connectivity index (χ1) is 6.32. The number of primary amides is 1. The van der Waals surface area contributed by atoms with Gasteiger partial charge in [0.05, 0.1) is 5.56 Å². The van der Waals surface area contributed by atoms with Crippen molar-refractivity contribution in [2.24, 2.45) is 5.73 Å². The lowest BCUT2D eigenvalue weighted by Crippen LogP contribution is -2.16. The molecule has 0 radical (unpaired) electrons. The van der Waals surface area contributed by atoms with Crippen molar-refractivity contribution < 1.29 is 13.6 Å². The minimum Gasteiger partial charge on any atom is -0.366 e. The molecule has 1 rings (SSSR count). The smallest absolute Gasteiger partial charge is 0.286 e. The lowest BCUT2D eigenvalue weighted by atomic mass is 10.1. The number of carbonyl (C=O) groups is 1. The SMILES string of the molecule is Cc1cc(C(C)(F)F)ncc1C(N)=O. The van der Waals surface area contributed by atoms with Crippen LogP contribution < -0.4 is 5.73 Å². The molecule has 0 aliphatic carbocycles. The highest BCUT2D eigenvalue weighted by atomic mass is 19.3. The van der Waals surface area contributed by atoms with Gasteiger partial charge in [0.2, 0.25) is 0 Å². The molecule has 0 aliphatic rings. The molecule has 2 N–H and O–H groups in total. The Balaban J connectivity index is 3.20. The van der Waals surface area contributed by atoms with Gasteiger partial charge in [-0.25, -0.2) is 0 Å². The van der Waals surface area contributed by atoms with E-state index in [1.54, 1.807) is 0 Å². The molecule has 0 saturated heterocycles. The van der Waals surface area contributed by atoms with E-state index >= 15 is 0 Å². The van der Waals surface area contributed by atoms with Crippen molar-refractivity contribution in [3.63, 3.8) is 0 Å². The molecule has 0 aromatic carbocycles. The highest BCUT2D eigenvalue weighted by Gasteiger charge is 2.26. The van der Waals surface area contributed by atoms with Crippen LogP contribution >= 0.6 is 0 Å². The standard InChI is InChI=1S/C9H10F2N2O/c1-5-3-7(9(2,10)11)13-4-6(5)8(12)14/h3-4H,1-2H3,(H2,12,14). The Labute approximate surface area is 79.9 Å². The fourth-order valence-corrected chi connectivity index (χ4v) is 1.05. The van der Waals surface area contributed by atoms with Gasteiger partial charge in [-0.2, -0.15) is 8.78 Å². The van der Waals surface area contributed by atoms with Crippen LogP contribution in [0.3, 0.4) is 0 Å². The lowest BCUT2D eigenvalue weighted by Gasteiger charge is -2.10. The van der Waals surface area contributed by atoms with Crippen molar-refractivity contribution in [1.82, 2.24) is 4.98 Å². The van der Waals surface area contributed by atoms with Crippen molar-refractivity contribution in [3.8, 4) is 0 Å². The van der Waals surface area contributed by atoms with Crippen LogP contribution in [0.1, 0.15) is 28.5 Å². The Morgan fingerprint density at radius 3 is 2.50 bits per heavy atom. The first-order valence-electron chi connectivity index (χ1n) is 3.97. The monoisotopic (exact) mass is 200 g/mol. The van der Waals surface area contributed by atoms with Crippen molar-refractivity contribution in [2.75, 3.05) is 0 Å². The maximum atomic E-state index is 12.8. The van der Waals surface area contributed by atoms with Crippen LogP contribution in [0.25, 0.3) is 0 Å². The molecule has 76 valence electrons. The molecule has 14 heavy (non-hydrogen) atoms. The number of aromatic nitrogens is 1. The van der Waals surface area contributed by atoms with Crippen LogP contribution in [0.5, 0.6) is 0 Å². The molecular formula is C9H10F2N2O. The summed E-state index contributed by atoms with van der Waals surface area (Å²) in [5, 5.41) is 0. The van der Waals surface area contributed by atoms with Crippen molar-refractivity contribution in [3.05, 3.63) is 29.1 Å². The van der Waals surface area contributed by atoms with Crippen molar-refractivity contribution in [1.29, 1.82) is 0 Å². The number of alkyl halides is 2. The summed E-state index contributed by atoms with van der Waals surface area (Å²) >= 11 is 0. The molecular weight excluding hydrogens is 190 g/mol. The van der Waals surface area contributed by atoms with E-state index in [0.717, 1.165) is 13.1 Å². The number of hydrogen-bond donors (Lipinski definition) is 1. The van der Waals surface area contributed by atoms with Crippen LogP contribution in [0.4, 0.5) is 8.78 Å². The summed E-state index contributed by atoms with van der Waals surface area (Å²) < 4.78 is 25.6. The second-order valence-electron chi connectivity index (χ2n) is 3.14. The predicted octanol–water partition coefficient (Wildman–Crippen LogP) is 1.60. The van der Waals surface area contributed by atoms with Crippen molar-refractivity contribution >= 4 is 5.91 Å². The van der Waals surface area contributed by atoms with Gasteiger partial charge < -0.3 is 5.73 Å². The van der Waals surface area contributed by atoms with Gasteiger partial charge in [-0.05, 0) is 18.6 Å². The summed E-state index contributed by atoms with van der Waals surface area (Å²) in [7, 11) is 0. The Morgan fingerprint density at radius 1 is 1.57 bits per heavy atom. The molecule has 1 heterocycles. The number of amides is 1. The molecule has 0 aliphatic heterocycles. The van der Waals surface area contributed by atoms with Crippen LogP contribution in [0, 0.1) is 6.92 Å². The first kappa shape index (κ1) is 10.6. The molecule has 1 amide bonds. The zero-order valence-electron chi connectivity index (χ0n) is 7.84. The summed E-state index contributed by atoms with van der Waals surface area (Å²) in [5.41, 5.74) is 5.22. The normalized spacial score (nSPS) is 11.4. The molecule has 5 heteroatoms. The predicted molar refractivity (Wildman–Crippen MR) is 47.1 cm³/mol. The van der Waals surface area contributed by atoms with E-state index in [4.69, 9.17) is 5.73 Å². The lowest BCUT2D eigenvalue weighted by molar-refractivity contribution is 0.0126. The van der Waals surface area contributed by atoms with Crippen LogP contribution in [0.15, 0.2) is 12.3 Å². The second kappa shape index (κ2) is 3.32. The van der Waals surface area contributed by atoms with Gasteiger partial charge in [-0.3, -0.25) is 9.78 Å². The number of pyridine rings is 1. The molecule has 0 spiro atoms. The zero-order valence-corrected chi connectivity index (χ0v) is 7.84. The fraction of sp³-hybridized carbons (Fsp3) is 0.333. The van der Waals surface area contributed by atoms with Crippen LogP contribution in [-0.2, 0) is 5.92 Å². The molecule has 1 aromatic heterocycles. The van der Waals surface area contributed by atoms with Gasteiger partial charge in [0, 0.05) is 13.1 Å². The molecule has 0 bridgehead atoms. The van der Waals surface area contributed by atoms with E-state index < -0.39 is 11.8 Å². The minimum atomic E-state index is -3.00. The first-order valence-corrected chi connectivity index (χ1v) is 3.97. The van der Waals surface area contributed by atoms with Gasteiger partial charge in [0.25, 0.3) is 11.8 Å². The summed E-state index contributed by atoms with van der Waals surface area (Å²) in [4.78, 5) is 14.3. The van der Waals surface area contributed by atoms with Gasteiger partial charge in [-0.15, -0.1) is 0 Å². The maximum Gasteiger partial charge on any atom is 0.286 e. The third-order valence-corrected chi connectivity index (χ3v) is 1.83. The number of hydrogen-bond acceptors (Lipinski definition) is 2. The molecule has 0 atom stereocenters. The summed E-state index contributed by atoms with van der Waals surface area (Å²) in [5.74, 6) is -3.66. The fourth-order valence-electron chi connectivity index (χ4n) is 1.05. The van der Waals surface area contributed by atoms with E-state index in [9.17, 15) is 13.6 Å². The molecule has 0 unspecified atom stereocenters. The molecule has 1 aromatic rings. The number of halogens is 2. The highest BCUT2D eigenvalue weighted by molar-refractivity contribution is 5.93. The van der Waals surface area contributed by atoms with Gasteiger partial charge in [0.15, 0.2) is 0 Å². The topological polar surface area (TPSA) is 56.0 Å². The van der Waals surface area contributed by atoms with E-state index in [1.807, 2.05) is 0 Å². The number of nitrogens with two attached hydrogens (primary N) is 1.